The predicted octanol–water partition coefficient (Wildman–Crippen LogP) is 2.00. The Morgan fingerprint density at radius 3 is 2.00 bits per heavy atom. The lowest BCUT2D eigenvalue weighted by Crippen LogP contribution is -2.41. The minimum absolute atomic E-state index is 0.108. The second kappa shape index (κ2) is 3.69. The molecule has 1 saturated carbocycles. The number of hydrogen-bond donors (Lipinski definition) is 1. The molecule has 0 aliphatic heterocycles. The summed E-state index contributed by atoms with van der Waals surface area (Å²) in [6.45, 7) is 0. The third kappa shape index (κ3) is 2.60. The Kier molecular flexibility index (Phi) is 3.10. The van der Waals surface area contributed by atoms with Gasteiger partial charge in [-0.25, -0.2) is 0 Å². The zero-order valence-corrected chi connectivity index (χ0v) is 8.11. The third-order valence-corrected chi connectivity index (χ3v) is 3.83. The molecular weight excluding hydrogens is 221 g/mol. The summed E-state index contributed by atoms with van der Waals surface area (Å²) in [5.41, 5.74) is 0. The van der Waals surface area contributed by atoms with Crippen LogP contribution in [0.15, 0.2) is 0 Å². The van der Waals surface area contributed by atoms with Gasteiger partial charge in [-0.05, 0) is 12.8 Å². The summed E-state index contributed by atoms with van der Waals surface area (Å²) in [6, 6.07) is 0. The van der Waals surface area contributed by atoms with E-state index in [-0.39, 0.29) is 12.8 Å². The smallest absolute Gasteiger partial charge is 0.285 e. The highest BCUT2D eigenvalue weighted by Crippen LogP contribution is 2.40. The molecule has 1 aliphatic rings. The first-order chi connectivity index (χ1) is 6.23. The zero-order valence-electron chi connectivity index (χ0n) is 7.29. The van der Waals surface area contributed by atoms with Gasteiger partial charge in [0.05, 0.1) is 11.2 Å². The third-order valence-electron chi connectivity index (χ3n) is 2.51. The van der Waals surface area contributed by atoms with Gasteiger partial charge in [0, 0.05) is 0 Å². The molecule has 3 nitrogen and oxygen atoms in total. The Labute approximate surface area is 80.0 Å². The molecule has 2 atom stereocenters. The maximum absolute atomic E-state index is 12.3. The second-order valence-corrected chi connectivity index (χ2v) is 5.12. The van der Waals surface area contributed by atoms with Gasteiger partial charge in [0.2, 0.25) is 0 Å². The summed E-state index contributed by atoms with van der Waals surface area (Å²) in [5, 5.41) is -1.67. The van der Waals surface area contributed by atoms with E-state index in [1.54, 1.807) is 0 Å². The van der Waals surface area contributed by atoms with E-state index in [1.165, 1.54) is 0 Å². The fourth-order valence-corrected chi connectivity index (χ4v) is 3.00. The first kappa shape index (κ1) is 11.8. The number of alkyl halides is 3. The molecule has 14 heavy (non-hydrogen) atoms. The molecule has 2 unspecified atom stereocenters. The van der Waals surface area contributed by atoms with Gasteiger partial charge >= 0.3 is 6.18 Å². The van der Waals surface area contributed by atoms with E-state index < -0.39 is 27.5 Å². The lowest BCUT2D eigenvalue weighted by Gasteiger charge is -2.30. The maximum atomic E-state index is 12.3. The van der Waals surface area contributed by atoms with E-state index in [2.05, 4.69) is 0 Å². The molecule has 1 fully saturated rings. The van der Waals surface area contributed by atoms with Gasteiger partial charge in [0.1, 0.15) is 0 Å². The van der Waals surface area contributed by atoms with Crippen molar-refractivity contribution in [3.05, 3.63) is 0 Å². The van der Waals surface area contributed by atoms with Gasteiger partial charge in [-0.15, -0.1) is 0 Å². The molecule has 0 spiro atoms. The van der Waals surface area contributed by atoms with Crippen LogP contribution in [0.4, 0.5) is 13.2 Å². The Hall–Kier alpha value is -0.300. The summed E-state index contributed by atoms with van der Waals surface area (Å²) in [4.78, 5) is 0. The largest absolute Gasteiger partial charge is 0.393 e. The topological polar surface area (TPSA) is 54.4 Å². The molecule has 0 aromatic carbocycles. The molecule has 0 amide bonds. The summed E-state index contributed by atoms with van der Waals surface area (Å²) < 4.78 is 67.1. The van der Waals surface area contributed by atoms with Crippen LogP contribution >= 0.6 is 0 Å². The van der Waals surface area contributed by atoms with E-state index >= 15 is 0 Å². The molecule has 0 aromatic rings. The summed E-state index contributed by atoms with van der Waals surface area (Å²) in [7, 11) is -4.58. The Morgan fingerprint density at radius 2 is 1.64 bits per heavy atom. The van der Waals surface area contributed by atoms with Gasteiger partial charge in [0.15, 0.2) is 0 Å². The van der Waals surface area contributed by atoms with Crippen LogP contribution in [0.5, 0.6) is 0 Å². The monoisotopic (exact) mass is 232 g/mol. The first-order valence-electron chi connectivity index (χ1n) is 4.26. The Morgan fingerprint density at radius 1 is 1.14 bits per heavy atom. The van der Waals surface area contributed by atoms with Crippen molar-refractivity contribution in [1.82, 2.24) is 0 Å². The molecule has 1 N–H and O–H groups in total. The molecule has 0 aromatic heterocycles. The van der Waals surface area contributed by atoms with Crippen LogP contribution in [0.1, 0.15) is 25.7 Å². The van der Waals surface area contributed by atoms with Crippen LogP contribution in [-0.4, -0.2) is 24.4 Å². The minimum atomic E-state index is -4.58. The standard InChI is InChI=1S/C7H11F3O3S/c8-7(9,10)5-3-1-2-4-6(5)14(11,12)13/h5-6H,1-4H2,(H,11,12,13). The molecule has 1 aliphatic carbocycles. The van der Waals surface area contributed by atoms with E-state index in [9.17, 15) is 21.6 Å². The Balaban J connectivity index is 2.91. The van der Waals surface area contributed by atoms with Crippen molar-refractivity contribution in [3.8, 4) is 0 Å². The molecule has 7 heteroatoms. The van der Waals surface area contributed by atoms with Gasteiger partial charge in [-0.1, -0.05) is 12.8 Å². The molecule has 84 valence electrons. The number of hydrogen-bond acceptors (Lipinski definition) is 2. The van der Waals surface area contributed by atoms with Crippen LogP contribution in [0.3, 0.4) is 0 Å². The minimum Gasteiger partial charge on any atom is -0.285 e. The van der Waals surface area contributed by atoms with Crippen molar-refractivity contribution in [2.75, 3.05) is 0 Å². The lowest BCUT2D eigenvalue weighted by molar-refractivity contribution is -0.180. The fraction of sp³-hybridized carbons (Fsp3) is 1.00. The van der Waals surface area contributed by atoms with Gasteiger partial charge in [-0.2, -0.15) is 21.6 Å². The van der Waals surface area contributed by atoms with Crippen LogP contribution in [0, 0.1) is 5.92 Å². The molecule has 0 heterocycles. The van der Waals surface area contributed by atoms with Crippen molar-refractivity contribution in [2.24, 2.45) is 5.92 Å². The van der Waals surface area contributed by atoms with Gasteiger partial charge in [-0.3, -0.25) is 4.55 Å². The quantitative estimate of drug-likeness (QED) is 0.703. The van der Waals surface area contributed by atoms with Gasteiger partial charge in [0.25, 0.3) is 10.1 Å². The highest BCUT2D eigenvalue weighted by atomic mass is 32.2. The summed E-state index contributed by atoms with van der Waals surface area (Å²) >= 11 is 0. The van der Waals surface area contributed by atoms with Crippen LogP contribution in [-0.2, 0) is 10.1 Å². The fourth-order valence-electron chi connectivity index (χ4n) is 1.83. The van der Waals surface area contributed by atoms with Crippen molar-refractivity contribution in [2.45, 2.75) is 37.1 Å². The predicted molar refractivity (Wildman–Crippen MR) is 43.3 cm³/mol. The molecule has 1 rings (SSSR count). The number of halogens is 3. The lowest BCUT2D eigenvalue weighted by atomic mass is 9.88. The van der Waals surface area contributed by atoms with Crippen molar-refractivity contribution < 1.29 is 26.1 Å². The van der Waals surface area contributed by atoms with Crippen LogP contribution < -0.4 is 0 Å². The van der Waals surface area contributed by atoms with E-state index in [0.29, 0.717) is 12.8 Å². The first-order valence-corrected chi connectivity index (χ1v) is 5.76. The van der Waals surface area contributed by atoms with Crippen molar-refractivity contribution in [1.29, 1.82) is 0 Å². The van der Waals surface area contributed by atoms with Crippen molar-refractivity contribution in [3.63, 3.8) is 0 Å². The van der Waals surface area contributed by atoms with E-state index in [0.717, 1.165) is 0 Å². The SMILES string of the molecule is O=S(=O)(O)C1CCCCC1C(F)(F)F. The van der Waals surface area contributed by atoms with Gasteiger partial charge < -0.3 is 0 Å². The molecule has 0 saturated heterocycles. The molecular formula is C7H11F3O3S. The maximum Gasteiger partial charge on any atom is 0.393 e. The average molecular weight is 232 g/mol. The van der Waals surface area contributed by atoms with Crippen LogP contribution in [0.2, 0.25) is 0 Å². The number of rotatable bonds is 1. The molecule has 0 radical (unpaired) electrons. The average Bonchev–Trinajstić information content (AvgIpc) is 2.01. The van der Waals surface area contributed by atoms with E-state index in [1.807, 2.05) is 0 Å². The van der Waals surface area contributed by atoms with E-state index in [4.69, 9.17) is 4.55 Å². The molecule has 0 bridgehead atoms. The Bertz CT molecular complexity index is 296. The second-order valence-electron chi connectivity index (χ2n) is 3.49. The zero-order chi connectivity index (χ0) is 11.0. The highest BCUT2D eigenvalue weighted by molar-refractivity contribution is 7.86. The normalized spacial score (nSPS) is 30.3. The van der Waals surface area contributed by atoms with Crippen LogP contribution in [0.25, 0.3) is 0 Å². The van der Waals surface area contributed by atoms with Crippen molar-refractivity contribution >= 4 is 10.1 Å². The summed E-state index contributed by atoms with van der Waals surface area (Å²) in [6.07, 6.45) is -4.09. The summed E-state index contributed by atoms with van der Waals surface area (Å²) in [5.74, 6) is -1.91. The highest BCUT2D eigenvalue weighted by Gasteiger charge is 2.49.